The summed E-state index contributed by atoms with van der Waals surface area (Å²) in [5.41, 5.74) is 6.77. The van der Waals surface area contributed by atoms with E-state index >= 15 is 0 Å². The molecule has 11 heavy (non-hydrogen) atoms. The lowest BCUT2D eigenvalue weighted by atomic mass is 9.93. The van der Waals surface area contributed by atoms with E-state index in [1.165, 1.54) is 5.57 Å². The first-order valence-corrected chi connectivity index (χ1v) is 4.11. The van der Waals surface area contributed by atoms with Crippen LogP contribution in [0.3, 0.4) is 0 Å². The lowest BCUT2D eigenvalue weighted by molar-refractivity contribution is 0.134. The number of fused-ring (bicyclic) bond motifs is 1. The standard InChI is InChI=1S/C9H13NO/c10-6-7-1-2-9-8(5-7)3-4-11-9/h1-2,5,8-9H,3-4,6,10H2. The van der Waals surface area contributed by atoms with E-state index in [1.54, 1.807) is 0 Å². The first kappa shape index (κ1) is 7.07. The first-order chi connectivity index (χ1) is 5.40. The Morgan fingerprint density at radius 2 is 2.55 bits per heavy atom. The molecule has 2 rings (SSSR count). The van der Waals surface area contributed by atoms with E-state index in [-0.39, 0.29) is 0 Å². The summed E-state index contributed by atoms with van der Waals surface area (Å²) >= 11 is 0. The summed E-state index contributed by atoms with van der Waals surface area (Å²) in [7, 11) is 0. The second kappa shape index (κ2) is 2.80. The fourth-order valence-electron chi connectivity index (χ4n) is 1.69. The Labute approximate surface area is 66.7 Å². The molecule has 2 N–H and O–H groups in total. The molecule has 0 amide bonds. The highest BCUT2D eigenvalue weighted by Gasteiger charge is 2.26. The average molecular weight is 151 g/mol. The largest absolute Gasteiger partial charge is 0.374 e. The van der Waals surface area contributed by atoms with Gasteiger partial charge < -0.3 is 10.5 Å². The summed E-state index contributed by atoms with van der Waals surface area (Å²) in [5.74, 6) is 0.596. The van der Waals surface area contributed by atoms with Crippen molar-refractivity contribution in [3.05, 3.63) is 23.8 Å². The highest BCUT2D eigenvalue weighted by Crippen LogP contribution is 2.27. The molecule has 2 heteroatoms. The molecule has 2 aliphatic rings. The lowest BCUT2D eigenvalue weighted by Gasteiger charge is -2.16. The minimum Gasteiger partial charge on any atom is -0.374 e. The van der Waals surface area contributed by atoms with E-state index in [0.717, 1.165) is 13.0 Å². The van der Waals surface area contributed by atoms with E-state index in [2.05, 4.69) is 18.2 Å². The van der Waals surface area contributed by atoms with Crippen molar-refractivity contribution in [2.45, 2.75) is 12.5 Å². The summed E-state index contributed by atoms with van der Waals surface area (Å²) < 4.78 is 5.48. The van der Waals surface area contributed by atoms with Gasteiger partial charge in [0.05, 0.1) is 6.10 Å². The maximum absolute atomic E-state index is 5.53. The van der Waals surface area contributed by atoms with E-state index in [1.807, 2.05) is 0 Å². The van der Waals surface area contributed by atoms with Gasteiger partial charge in [-0.05, 0) is 12.0 Å². The Hall–Kier alpha value is -0.600. The van der Waals surface area contributed by atoms with Crippen molar-refractivity contribution in [2.24, 2.45) is 11.7 Å². The van der Waals surface area contributed by atoms with Crippen LogP contribution in [0.15, 0.2) is 23.8 Å². The topological polar surface area (TPSA) is 35.2 Å². The van der Waals surface area contributed by atoms with Gasteiger partial charge in [-0.2, -0.15) is 0 Å². The second-order valence-electron chi connectivity index (χ2n) is 3.09. The van der Waals surface area contributed by atoms with Crippen LogP contribution in [0.5, 0.6) is 0 Å². The molecule has 0 bridgehead atoms. The van der Waals surface area contributed by atoms with Gasteiger partial charge in [0.25, 0.3) is 0 Å². The predicted octanol–water partition coefficient (Wildman–Crippen LogP) is 0.846. The van der Waals surface area contributed by atoms with Gasteiger partial charge in [-0.3, -0.25) is 0 Å². The van der Waals surface area contributed by atoms with Crippen molar-refractivity contribution in [2.75, 3.05) is 13.2 Å². The number of hydrogen-bond acceptors (Lipinski definition) is 2. The average Bonchev–Trinajstić information content (AvgIpc) is 2.50. The summed E-state index contributed by atoms with van der Waals surface area (Å²) in [5, 5.41) is 0. The summed E-state index contributed by atoms with van der Waals surface area (Å²) in [6.45, 7) is 1.55. The third-order valence-corrected chi connectivity index (χ3v) is 2.35. The van der Waals surface area contributed by atoms with Gasteiger partial charge in [0.1, 0.15) is 0 Å². The van der Waals surface area contributed by atoms with Crippen LogP contribution in [0.25, 0.3) is 0 Å². The van der Waals surface area contributed by atoms with Crippen LogP contribution < -0.4 is 5.73 Å². The van der Waals surface area contributed by atoms with Gasteiger partial charge in [0.15, 0.2) is 0 Å². The number of ether oxygens (including phenoxy) is 1. The molecule has 1 aliphatic carbocycles. The van der Waals surface area contributed by atoms with E-state index in [0.29, 0.717) is 18.6 Å². The van der Waals surface area contributed by atoms with Crippen LogP contribution in [-0.2, 0) is 4.74 Å². The quantitative estimate of drug-likeness (QED) is 0.603. The van der Waals surface area contributed by atoms with E-state index < -0.39 is 0 Å². The summed E-state index contributed by atoms with van der Waals surface area (Å²) in [6.07, 6.45) is 7.94. The van der Waals surface area contributed by atoms with Gasteiger partial charge in [-0.15, -0.1) is 0 Å². The molecule has 0 saturated carbocycles. The third kappa shape index (κ3) is 1.24. The van der Waals surface area contributed by atoms with Gasteiger partial charge in [0.2, 0.25) is 0 Å². The molecule has 0 radical (unpaired) electrons. The van der Waals surface area contributed by atoms with E-state index in [9.17, 15) is 0 Å². The number of rotatable bonds is 1. The molecule has 2 unspecified atom stereocenters. The first-order valence-electron chi connectivity index (χ1n) is 4.11. The van der Waals surface area contributed by atoms with Crippen molar-refractivity contribution in [3.63, 3.8) is 0 Å². The molecule has 2 atom stereocenters. The molecule has 1 saturated heterocycles. The molecular weight excluding hydrogens is 138 g/mol. The molecule has 2 nitrogen and oxygen atoms in total. The minimum absolute atomic E-state index is 0.338. The zero-order valence-corrected chi connectivity index (χ0v) is 6.49. The Kier molecular flexibility index (Phi) is 1.80. The van der Waals surface area contributed by atoms with Gasteiger partial charge in [-0.1, -0.05) is 18.2 Å². The predicted molar refractivity (Wildman–Crippen MR) is 44.1 cm³/mol. The summed E-state index contributed by atoms with van der Waals surface area (Å²) in [6, 6.07) is 0. The van der Waals surface area contributed by atoms with Gasteiger partial charge in [0, 0.05) is 19.1 Å². The van der Waals surface area contributed by atoms with Crippen LogP contribution in [0.1, 0.15) is 6.42 Å². The molecule has 1 fully saturated rings. The molecule has 1 aliphatic heterocycles. The van der Waals surface area contributed by atoms with Crippen molar-refractivity contribution in [1.82, 2.24) is 0 Å². The Morgan fingerprint density at radius 1 is 1.64 bits per heavy atom. The molecule has 0 aromatic carbocycles. The zero-order valence-electron chi connectivity index (χ0n) is 6.49. The van der Waals surface area contributed by atoms with Gasteiger partial charge >= 0.3 is 0 Å². The monoisotopic (exact) mass is 151 g/mol. The SMILES string of the molecule is NCC1=CC2CCOC2C=C1. The molecule has 0 spiro atoms. The molecule has 0 aromatic heterocycles. The number of hydrogen-bond donors (Lipinski definition) is 1. The van der Waals surface area contributed by atoms with Crippen LogP contribution in [0, 0.1) is 5.92 Å². The fourth-order valence-corrected chi connectivity index (χ4v) is 1.69. The van der Waals surface area contributed by atoms with Crippen molar-refractivity contribution in [1.29, 1.82) is 0 Å². The van der Waals surface area contributed by atoms with Crippen LogP contribution in [0.4, 0.5) is 0 Å². The summed E-state index contributed by atoms with van der Waals surface area (Å²) in [4.78, 5) is 0. The smallest absolute Gasteiger partial charge is 0.0822 e. The molecule has 1 heterocycles. The Bertz CT molecular complexity index is 208. The molecular formula is C9H13NO. The Balaban J connectivity index is 2.14. The normalized spacial score (nSPS) is 35.2. The Morgan fingerprint density at radius 3 is 3.36 bits per heavy atom. The maximum atomic E-state index is 5.53. The van der Waals surface area contributed by atoms with E-state index in [4.69, 9.17) is 10.5 Å². The molecule has 60 valence electrons. The lowest BCUT2D eigenvalue weighted by Crippen LogP contribution is -2.16. The van der Waals surface area contributed by atoms with Crippen LogP contribution in [0.2, 0.25) is 0 Å². The van der Waals surface area contributed by atoms with Crippen molar-refractivity contribution in [3.8, 4) is 0 Å². The highest BCUT2D eigenvalue weighted by atomic mass is 16.5. The second-order valence-corrected chi connectivity index (χ2v) is 3.09. The highest BCUT2D eigenvalue weighted by molar-refractivity contribution is 5.28. The minimum atomic E-state index is 0.338. The van der Waals surface area contributed by atoms with Crippen molar-refractivity contribution < 1.29 is 4.74 Å². The molecule has 0 aromatic rings. The maximum Gasteiger partial charge on any atom is 0.0822 e. The zero-order chi connectivity index (χ0) is 7.68. The number of nitrogens with two attached hydrogens (primary N) is 1. The van der Waals surface area contributed by atoms with Gasteiger partial charge in [-0.25, -0.2) is 0 Å². The third-order valence-electron chi connectivity index (χ3n) is 2.35. The van der Waals surface area contributed by atoms with Crippen molar-refractivity contribution >= 4 is 0 Å². The van der Waals surface area contributed by atoms with Crippen LogP contribution >= 0.6 is 0 Å². The van der Waals surface area contributed by atoms with Crippen LogP contribution in [-0.4, -0.2) is 19.3 Å². The fraction of sp³-hybridized carbons (Fsp3) is 0.556.